The van der Waals surface area contributed by atoms with E-state index in [-0.39, 0.29) is 37.5 Å². The molecule has 0 saturated carbocycles. The number of aromatic nitrogens is 2. The van der Waals surface area contributed by atoms with Gasteiger partial charge in [-0.05, 0) is 61.1 Å². The zero-order valence-corrected chi connectivity index (χ0v) is 15.4. The molecule has 0 atom stereocenters. The third kappa shape index (κ3) is 5.12. The Kier molecular flexibility index (Phi) is 6.68. The lowest BCUT2D eigenvalue weighted by molar-refractivity contribution is -0.121. The minimum Gasteiger partial charge on any atom is -0.340 e. The number of nitrogens with zero attached hydrogens (tertiary/aromatic N) is 2. The molecule has 7 heteroatoms. The maximum absolute atomic E-state index is 13.6. The number of hydrogen-bond acceptors (Lipinski definition) is 2. The summed E-state index contributed by atoms with van der Waals surface area (Å²) in [6.07, 6.45) is 1.85. The largest absolute Gasteiger partial charge is 0.340 e. The number of rotatable bonds is 9. The van der Waals surface area contributed by atoms with Crippen LogP contribution in [0.4, 0.5) is 13.2 Å². The molecule has 3 rings (SSSR count). The first-order chi connectivity index (χ1) is 13.6. The average molecular weight is 388 g/mol. The summed E-state index contributed by atoms with van der Waals surface area (Å²) in [5.74, 6) is -0.720. The molecule has 0 aliphatic carbocycles. The summed E-state index contributed by atoms with van der Waals surface area (Å²) in [6.45, 7) is -0.262. The third-order valence-corrected chi connectivity index (χ3v) is 4.47. The molecule has 0 bridgehead atoms. The van der Waals surface area contributed by atoms with Crippen LogP contribution in [0.5, 0.6) is 0 Å². The molecule has 1 radical (unpaired) electrons. The normalized spacial score (nSPS) is 11.1. The van der Waals surface area contributed by atoms with Crippen molar-refractivity contribution >= 4 is 16.9 Å². The van der Waals surface area contributed by atoms with Crippen LogP contribution in [-0.2, 0) is 24.2 Å². The molecular weight excluding hydrogens is 367 g/mol. The molecule has 1 amide bonds. The summed E-state index contributed by atoms with van der Waals surface area (Å²) in [5.41, 5.74) is 2.82. The standard InChI is InChI=1S/C21H21F3N3O/c22-11-3-6-14-4-1-7-18-21(14)27-19(26-18)13-25-20(28)8-2-5-15-12-16(23)9-10-17(15)24/h1,4,7,9-10,12H,2-3,5-6,8,11,13H2,(H,26,27). The summed E-state index contributed by atoms with van der Waals surface area (Å²) in [4.78, 5) is 19.6. The number of aryl methyl sites for hydroxylation is 2. The van der Waals surface area contributed by atoms with Crippen molar-refractivity contribution in [2.24, 2.45) is 0 Å². The van der Waals surface area contributed by atoms with Gasteiger partial charge in [-0.3, -0.25) is 9.18 Å². The van der Waals surface area contributed by atoms with Crippen LogP contribution in [-0.4, -0.2) is 22.5 Å². The van der Waals surface area contributed by atoms with Crippen LogP contribution in [0.3, 0.4) is 0 Å². The number of imidazole rings is 1. The van der Waals surface area contributed by atoms with Crippen LogP contribution in [0.15, 0.2) is 36.4 Å². The monoisotopic (exact) mass is 388 g/mol. The third-order valence-electron chi connectivity index (χ3n) is 4.47. The van der Waals surface area contributed by atoms with Gasteiger partial charge in [-0.25, -0.2) is 19.1 Å². The average Bonchev–Trinajstić information content (AvgIpc) is 3.11. The Labute approximate surface area is 161 Å². The number of halogens is 3. The molecule has 0 fully saturated rings. The maximum Gasteiger partial charge on any atom is 0.241 e. The molecule has 147 valence electrons. The van der Waals surface area contributed by atoms with Crippen LogP contribution < -0.4 is 5.32 Å². The lowest BCUT2D eigenvalue weighted by atomic mass is 10.1. The lowest BCUT2D eigenvalue weighted by Gasteiger charge is -2.03. The number of nitrogens with one attached hydrogen (secondary N) is 1. The number of para-hydroxylation sites is 1. The number of fused-ring (bicyclic) bond motifs is 1. The van der Waals surface area contributed by atoms with Crippen molar-refractivity contribution in [1.82, 2.24) is 15.3 Å². The quantitative estimate of drug-likeness (QED) is 0.591. The van der Waals surface area contributed by atoms with E-state index in [1.54, 1.807) is 0 Å². The van der Waals surface area contributed by atoms with Crippen molar-refractivity contribution < 1.29 is 18.0 Å². The molecule has 28 heavy (non-hydrogen) atoms. The molecule has 3 aromatic rings. The predicted molar refractivity (Wildman–Crippen MR) is 101 cm³/mol. The van der Waals surface area contributed by atoms with E-state index in [1.807, 2.05) is 18.2 Å². The van der Waals surface area contributed by atoms with Gasteiger partial charge in [0, 0.05) is 6.42 Å². The van der Waals surface area contributed by atoms with Crippen molar-refractivity contribution in [2.45, 2.75) is 38.6 Å². The van der Waals surface area contributed by atoms with E-state index < -0.39 is 11.6 Å². The van der Waals surface area contributed by atoms with Crippen LogP contribution in [0.25, 0.3) is 11.0 Å². The highest BCUT2D eigenvalue weighted by atomic mass is 19.1. The molecule has 0 saturated heterocycles. The first kappa shape index (κ1) is 19.9. The van der Waals surface area contributed by atoms with Crippen molar-refractivity contribution in [3.8, 4) is 0 Å². The fourth-order valence-corrected chi connectivity index (χ4v) is 3.08. The summed E-state index contributed by atoms with van der Waals surface area (Å²) in [6, 6.07) is 8.96. The second kappa shape index (κ2) is 9.39. The van der Waals surface area contributed by atoms with E-state index in [0.29, 0.717) is 25.1 Å². The number of H-pyrrole nitrogens is 1. The van der Waals surface area contributed by atoms with Crippen LogP contribution in [0, 0.1) is 11.6 Å². The van der Waals surface area contributed by atoms with Gasteiger partial charge in [-0.1, -0.05) is 12.1 Å². The van der Waals surface area contributed by atoms with E-state index in [2.05, 4.69) is 15.3 Å². The highest BCUT2D eigenvalue weighted by Gasteiger charge is 2.11. The van der Waals surface area contributed by atoms with Crippen molar-refractivity contribution in [3.05, 3.63) is 65.0 Å². The predicted octanol–water partition coefficient (Wildman–Crippen LogP) is 4.40. The fraction of sp³-hybridized carbons (Fsp3) is 0.333. The van der Waals surface area contributed by atoms with Crippen LogP contribution in [0.1, 0.15) is 36.2 Å². The van der Waals surface area contributed by atoms with Crippen molar-refractivity contribution in [2.75, 3.05) is 6.67 Å². The van der Waals surface area contributed by atoms with Gasteiger partial charge in [-0.15, -0.1) is 0 Å². The molecule has 1 heterocycles. The zero-order valence-electron chi connectivity index (χ0n) is 15.4. The molecule has 0 unspecified atom stereocenters. The van der Waals surface area contributed by atoms with Gasteiger partial charge in [0.05, 0.1) is 17.7 Å². The molecular formula is C21H21F3N3O. The SMILES string of the molecule is O=C(CCCc1cc(F)ccc1F)[N]Cc1nc2c(CCCF)cccc2[nH]1. The van der Waals surface area contributed by atoms with Crippen molar-refractivity contribution in [1.29, 1.82) is 0 Å². The Balaban J connectivity index is 1.51. The highest BCUT2D eigenvalue weighted by molar-refractivity contribution is 5.79. The summed E-state index contributed by atoms with van der Waals surface area (Å²) >= 11 is 0. The second-order valence-corrected chi connectivity index (χ2v) is 6.59. The van der Waals surface area contributed by atoms with Crippen LogP contribution in [0.2, 0.25) is 0 Å². The van der Waals surface area contributed by atoms with Gasteiger partial charge in [0.15, 0.2) is 0 Å². The second-order valence-electron chi connectivity index (χ2n) is 6.59. The van der Waals surface area contributed by atoms with E-state index in [9.17, 15) is 18.0 Å². The van der Waals surface area contributed by atoms with E-state index in [1.165, 1.54) is 0 Å². The number of hydrogen-bond donors (Lipinski definition) is 1. The highest BCUT2D eigenvalue weighted by Crippen LogP contribution is 2.18. The Morgan fingerprint density at radius 1 is 1.07 bits per heavy atom. The van der Waals surface area contributed by atoms with Gasteiger partial charge in [0.25, 0.3) is 0 Å². The first-order valence-electron chi connectivity index (χ1n) is 9.23. The van der Waals surface area contributed by atoms with Gasteiger partial charge in [0.1, 0.15) is 24.0 Å². The van der Waals surface area contributed by atoms with Gasteiger partial charge in [0.2, 0.25) is 5.91 Å². The number of benzene rings is 2. The molecule has 1 N–H and O–H groups in total. The van der Waals surface area contributed by atoms with E-state index >= 15 is 0 Å². The van der Waals surface area contributed by atoms with Crippen LogP contribution >= 0.6 is 0 Å². The minimum atomic E-state index is -0.497. The summed E-state index contributed by atoms with van der Waals surface area (Å²) in [7, 11) is 0. The molecule has 2 aromatic carbocycles. The first-order valence-corrected chi connectivity index (χ1v) is 9.23. The number of carbonyl (C=O) groups is 1. The fourth-order valence-electron chi connectivity index (χ4n) is 3.08. The lowest BCUT2D eigenvalue weighted by Crippen LogP contribution is -2.16. The Morgan fingerprint density at radius 2 is 1.89 bits per heavy atom. The number of alkyl halides is 1. The van der Waals surface area contributed by atoms with Crippen molar-refractivity contribution in [3.63, 3.8) is 0 Å². The van der Waals surface area contributed by atoms with E-state index in [0.717, 1.165) is 34.8 Å². The number of carbonyl (C=O) groups excluding carboxylic acids is 1. The molecule has 0 aliphatic rings. The zero-order chi connectivity index (χ0) is 19.9. The molecule has 4 nitrogen and oxygen atoms in total. The molecule has 1 aromatic heterocycles. The summed E-state index contributed by atoms with van der Waals surface area (Å²) in [5, 5.41) is 3.99. The van der Waals surface area contributed by atoms with E-state index in [4.69, 9.17) is 0 Å². The smallest absolute Gasteiger partial charge is 0.241 e. The Bertz CT molecular complexity index is 955. The Morgan fingerprint density at radius 3 is 2.71 bits per heavy atom. The molecule has 0 aliphatic heterocycles. The number of aromatic amines is 1. The van der Waals surface area contributed by atoms with Gasteiger partial charge in [-0.2, -0.15) is 0 Å². The summed E-state index contributed by atoms with van der Waals surface area (Å²) < 4.78 is 39.1. The van der Waals surface area contributed by atoms with Gasteiger partial charge >= 0.3 is 0 Å². The Hall–Kier alpha value is -2.83. The minimum absolute atomic E-state index is 0.115. The molecule has 0 spiro atoms. The van der Waals surface area contributed by atoms with Gasteiger partial charge < -0.3 is 4.98 Å². The maximum atomic E-state index is 13.6. The number of amides is 1. The topological polar surface area (TPSA) is 59.9 Å².